The predicted molar refractivity (Wildman–Crippen MR) is 147 cm³/mol. The summed E-state index contributed by atoms with van der Waals surface area (Å²) in [4.78, 5) is 12.8. The number of hydrogen-bond donors (Lipinski definition) is 1. The maximum absolute atomic E-state index is 12.8. The molecular weight excluding hydrogens is 498 g/mol. The van der Waals surface area contributed by atoms with Crippen LogP contribution in [-0.4, -0.2) is 83.8 Å². The Hall–Kier alpha value is -0.770. The Labute approximate surface area is 235 Å². The van der Waals surface area contributed by atoms with Crippen molar-refractivity contribution in [3.05, 3.63) is 0 Å². The zero-order chi connectivity index (χ0) is 28.2. The van der Waals surface area contributed by atoms with Gasteiger partial charge in [-0.2, -0.15) is 0 Å². The molecule has 0 aromatic carbocycles. The number of methoxy groups -OCH3 is 4. The van der Waals surface area contributed by atoms with Crippen LogP contribution in [0.2, 0.25) is 0 Å². The lowest BCUT2D eigenvalue weighted by atomic mass is 9.42. The van der Waals surface area contributed by atoms with E-state index in [9.17, 15) is 4.79 Å². The number of rotatable bonds is 7. The maximum atomic E-state index is 12.8. The predicted octanol–water partition coefficient (Wildman–Crippen LogP) is 4.34. The summed E-state index contributed by atoms with van der Waals surface area (Å²) in [5, 5.41) is 3.85. The first-order valence-electron chi connectivity index (χ1n) is 15.3. The first-order chi connectivity index (χ1) is 18.6. The van der Waals surface area contributed by atoms with E-state index >= 15 is 0 Å². The minimum Gasteiger partial charge on any atom is -0.469 e. The summed E-state index contributed by atoms with van der Waals surface area (Å²) < 4.78 is 35.6. The van der Waals surface area contributed by atoms with Crippen LogP contribution < -0.4 is 5.32 Å². The number of carbonyl (C=O) groups excluding carboxylic acids is 1. The molecule has 5 aliphatic rings. The number of esters is 1. The molecule has 5 fully saturated rings. The average molecular weight is 552 g/mol. The molecule has 8 heteroatoms. The molecule has 0 aromatic heterocycles. The van der Waals surface area contributed by atoms with Gasteiger partial charge in [0.15, 0.2) is 6.29 Å². The third-order valence-electron chi connectivity index (χ3n) is 12.7. The first-order valence-corrected chi connectivity index (χ1v) is 15.3. The van der Waals surface area contributed by atoms with Gasteiger partial charge in [0.1, 0.15) is 18.3 Å². The summed E-state index contributed by atoms with van der Waals surface area (Å²) in [5.41, 5.74) is 0.234. The van der Waals surface area contributed by atoms with E-state index in [0.717, 1.165) is 38.5 Å². The molecule has 0 radical (unpaired) electrons. The van der Waals surface area contributed by atoms with Gasteiger partial charge in [-0.1, -0.05) is 13.8 Å². The van der Waals surface area contributed by atoms with Crippen molar-refractivity contribution in [1.29, 1.82) is 0 Å². The van der Waals surface area contributed by atoms with Crippen LogP contribution in [0, 0.1) is 34.5 Å². The van der Waals surface area contributed by atoms with E-state index in [1.54, 1.807) is 28.4 Å². The Bertz CT molecular complexity index is 887. The van der Waals surface area contributed by atoms with Crippen LogP contribution in [-0.2, 0) is 33.2 Å². The molecule has 4 aliphatic carbocycles. The van der Waals surface area contributed by atoms with E-state index in [1.165, 1.54) is 19.3 Å². The second kappa shape index (κ2) is 11.1. The van der Waals surface area contributed by atoms with Crippen LogP contribution >= 0.6 is 0 Å². The summed E-state index contributed by atoms with van der Waals surface area (Å²) in [7, 11) is 8.77. The van der Waals surface area contributed by atoms with Crippen LogP contribution in [0.1, 0.15) is 78.6 Å². The molecule has 13 unspecified atom stereocenters. The monoisotopic (exact) mass is 551 g/mol. The number of ether oxygens (including phenoxy) is 6. The largest absolute Gasteiger partial charge is 0.469 e. The van der Waals surface area contributed by atoms with Crippen LogP contribution in [0.5, 0.6) is 0 Å². The molecule has 1 saturated heterocycles. The van der Waals surface area contributed by atoms with Crippen molar-refractivity contribution in [2.24, 2.45) is 34.5 Å². The minimum atomic E-state index is -0.469. The molecule has 13 atom stereocenters. The van der Waals surface area contributed by atoms with Gasteiger partial charge in [0.25, 0.3) is 0 Å². The molecule has 4 saturated carbocycles. The zero-order valence-electron chi connectivity index (χ0n) is 25.5. The van der Waals surface area contributed by atoms with Crippen molar-refractivity contribution in [2.75, 3.05) is 35.5 Å². The lowest BCUT2D eigenvalue weighted by Crippen LogP contribution is -2.67. The van der Waals surface area contributed by atoms with Crippen molar-refractivity contribution < 1.29 is 33.2 Å². The van der Waals surface area contributed by atoms with Gasteiger partial charge in [-0.05, 0) is 100 Å². The molecule has 5 rings (SSSR count). The van der Waals surface area contributed by atoms with Gasteiger partial charge in [0, 0.05) is 26.9 Å². The van der Waals surface area contributed by atoms with Crippen molar-refractivity contribution in [3.8, 4) is 0 Å². The standard InChI is InChI=1S/C31H53NO7/c1-18-24(34-5)25(35-6)26(36-7)28(38-18)39-20-11-14-29(2)19(17-20)9-10-22-21(29)12-15-30(3)23(27(33)37-8)13-16-31(22,30)32-4/h18-26,28,32H,9-17H2,1-8H3. The topological polar surface area (TPSA) is 84.5 Å². The van der Waals surface area contributed by atoms with Gasteiger partial charge in [0.05, 0.1) is 25.2 Å². The summed E-state index contributed by atoms with van der Waals surface area (Å²) in [6, 6.07) is 0. The molecule has 0 aromatic rings. The normalized spacial score (nSPS) is 51.5. The van der Waals surface area contributed by atoms with E-state index < -0.39 is 6.29 Å². The van der Waals surface area contributed by atoms with Crippen LogP contribution in [0.4, 0.5) is 0 Å². The number of fused-ring (bicyclic) bond motifs is 5. The molecule has 224 valence electrons. The van der Waals surface area contributed by atoms with Crippen molar-refractivity contribution in [3.63, 3.8) is 0 Å². The highest BCUT2D eigenvalue weighted by atomic mass is 16.7. The van der Waals surface area contributed by atoms with Gasteiger partial charge in [0.2, 0.25) is 0 Å². The first kappa shape index (κ1) is 29.7. The van der Waals surface area contributed by atoms with Gasteiger partial charge < -0.3 is 33.7 Å². The van der Waals surface area contributed by atoms with Gasteiger partial charge in [-0.25, -0.2) is 0 Å². The summed E-state index contributed by atoms with van der Waals surface area (Å²) in [5.74, 6) is 1.84. The lowest BCUT2D eigenvalue weighted by Gasteiger charge is -2.65. The Balaban J connectivity index is 1.31. The fourth-order valence-corrected chi connectivity index (χ4v) is 10.6. The smallest absolute Gasteiger partial charge is 0.309 e. The molecule has 1 heterocycles. The van der Waals surface area contributed by atoms with Crippen LogP contribution in [0.3, 0.4) is 0 Å². The summed E-state index contributed by atoms with van der Waals surface area (Å²) >= 11 is 0. The highest BCUT2D eigenvalue weighted by molar-refractivity contribution is 5.74. The van der Waals surface area contributed by atoms with E-state index in [1.807, 2.05) is 6.92 Å². The number of hydrogen-bond acceptors (Lipinski definition) is 8. The van der Waals surface area contributed by atoms with Crippen molar-refractivity contribution in [2.45, 2.75) is 121 Å². The second-order valence-electron chi connectivity index (χ2n) is 13.6. The Morgan fingerprint density at radius 3 is 2.21 bits per heavy atom. The molecular formula is C31H53NO7. The third kappa shape index (κ3) is 4.42. The fraction of sp³-hybridized carbons (Fsp3) is 0.968. The van der Waals surface area contributed by atoms with Crippen LogP contribution in [0.15, 0.2) is 0 Å². The molecule has 0 spiro atoms. The highest BCUT2D eigenvalue weighted by Gasteiger charge is 2.68. The Morgan fingerprint density at radius 1 is 0.846 bits per heavy atom. The zero-order valence-corrected chi connectivity index (χ0v) is 25.5. The number of carbonyl (C=O) groups is 1. The van der Waals surface area contributed by atoms with E-state index in [2.05, 4.69) is 26.2 Å². The van der Waals surface area contributed by atoms with E-state index in [0.29, 0.717) is 17.8 Å². The Kier molecular flexibility index (Phi) is 8.49. The number of nitrogens with one attached hydrogen (secondary N) is 1. The highest BCUT2D eigenvalue weighted by Crippen LogP contribution is 2.69. The lowest BCUT2D eigenvalue weighted by molar-refractivity contribution is -0.319. The molecule has 8 nitrogen and oxygen atoms in total. The molecule has 0 bridgehead atoms. The average Bonchev–Trinajstić information content (AvgIpc) is 3.25. The summed E-state index contributed by atoms with van der Waals surface area (Å²) in [6.45, 7) is 6.95. The van der Waals surface area contributed by atoms with Gasteiger partial charge in [-0.15, -0.1) is 0 Å². The Morgan fingerprint density at radius 2 is 1.56 bits per heavy atom. The maximum Gasteiger partial charge on any atom is 0.309 e. The molecule has 39 heavy (non-hydrogen) atoms. The van der Waals surface area contributed by atoms with E-state index in [4.69, 9.17) is 28.4 Å². The van der Waals surface area contributed by atoms with Crippen LogP contribution in [0.25, 0.3) is 0 Å². The minimum absolute atomic E-state index is 0.000911. The van der Waals surface area contributed by atoms with E-state index in [-0.39, 0.29) is 58.8 Å². The van der Waals surface area contributed by atoms with Gasteiger partial charge in [-0.3, -0.25) is 4.79 Å². The van der Waals surface area contributed by atoms with Crippen molar-refractivity contribution in [1.82, 2.24) is 5.32 Å². The quantitative estimate of drug-likeness (QED) is 0.370. The fourth-order valence-electron chi connectivity index (χ4n) is 10.6. The molecule has 1 N–H and O–H groups in total. The van der Waals surface area contributed by atoms with Crippen molar-refractivity contribution >= 4 is 5.97 Å². The molecule has 0 amide bonds. The SMILES string of the molecule is CNC12CCC(C(=O)OC)C1(C)CCC1C2CCC2CC(OC3OC(C)C(OC)C(OC)C3OC)CCC21C. The summed E-state index contributed by atoms with van der Waals surface area (Å²) in [6.07, 6.45) is 8.69. The molecule has 1 aliphatic heterocycles. The third-order valence-corrected chi connectivity index (χ3v) is 12.7. The van der Waals surface area contributed by atoms with Gasteiger partial charge >= 0.3 is 5.97 Å². The second-order valence-corrected chi connectivity index (χ2v) is 13.6.